The van der Waals surface area contributed by atoms with E-state index in [1.54, 1.807) is 19.1 Å². The fraction of sp³-hybridized carbons (Fsp3) is 0.115. The molecule has 0 radical (unpaired) electrons. The van der Waals surface area contributed by atoms with Crippen molar-refractivity contribution in [3.63, 3.8) is 0 Å². The molecule has 4 aromatic rings. The molecule has 1 atom stereocenters. The third kappa shape index (κ3) is 5.45. The summed E-state index contributed by atoms with van der Waals surface area (Å²) in [6.07, 6.45) is 2.96. The van der Waals surface area contributed by atoms with Crippen molar-refractivity contribution >= 4 is 23.6 Å². The Kier molecular flexibility index (Phi) is 6.96. The van der Waals surface area contributed by atoms with Crippen molar-refractivity contribution in [3.8, 4) is 0 Å². The van der Waals surface area contributed by atoms with Crippen LogP contribution < -0.4 is 16.4 Å². The monoisotopic (exact) mass is 502 g/mol. The van der Waals surface area contributed by atoms with Crippen LogP contribution in [-0.2, 0) is 6.54 Å². The van der Waals surface area contributed by atoms with Gasteiger partial charge in [0.1, 0.15) is 17.2 Å². The molecule has 4 rings (SSSR count). The number of imidazole rings is 1. The number of nitrogens with one attached hydrogen (secondary N) is 2. The Morgan fingerprint density at radius 1 is 1.14 bits per heavy atom. The zero-order chi connectivity index (χ0) is 26.7. The van der Waals surface area contributed by atoms with Gasteiger partial charge >= 0.3 is 5.97 Å². The zero-order valence-electron chi connectivity index (χ0n) is 19.7. The molecule has 0 saturated carbocycles. The standard InChI is InChI=1S/C26H23FN6O4/c1-14-11-16(3-8-19(14)27)13-30-23(34)20-12-21(33-10-9-29-26(33)31-20)24(35)32-22(15(2)28)17-4-6-18(7-5-17)25(36)37/h3-12,22H,2,13,28H2,1H3,(H,30,34)(H,32,35)(H,36,37)/t22-/m0/s1. The molecule has 0 spiro atoms. The number of nitrogens with two attached hydrogens (primary N) is 1. The number of amides is 2. The maximum Gasteiger partial charge on any atom is 0.335 e. The predicted octanol–water partition coefficient (Wildman–Crippen LogP) is 2.75. The Labute approximate surface area is 210 Å². The maximum atomic E-state index is 13.5. The van der Waals surface area contributed by atoms with E-state index in [2.05, 4.69) is 27.2 Å². The summed E-state index contributed by atoms with van der Waals surface area (Å²) in [7, 11) is 0. The number of benzene rings is 2. The molecule has 0 aliphatic rings. The average Bonchev–Trinajstić information content (AvgIpc) is 3.35. The van der Waals surface area contributed by atoms with Crippen LogP contribution in [0, 0.1) is 12.7 Å². The third-order valence-corrected chi connectivity index (χ3v) is 5.65. The second kappa shape index (κ2) is 10.3. The molecule has 2 heterocycles. The second-order valence-corrected chi connectivity index (χ2v) is 8.30. The van der Waals surface area contributed by atoms with Gasteiger partial charge in [-0.15, -0.1) is 0 Å². The highest BCUT2D eigenvalue weighted by Gasteiger charge is 2.22. The number of aryl methyl sites for hydroxylation is 1. The number of nitrogens with zero attached hydrogens (tertiary/aromatic N) is 3. The van der Waals surface area contributed by atoms with E-state index < -0.39 is 23.8 Å². The van der Waals surface area contributed by atoms with Crippen molar-refractivity contribution in [2.24, 2.45) is 5.73 Å². The average molecular weight is 503 g/mol. The van der Waals surface area contributed by atoms with E-state index in [0.717, 1.165) is 0 Å². The van der Waals surface area contributed by atoms with E-state index >= 15 is 0 Å². The van der Waals surface area contributed by atoms with Crippen molar-refractivity contribution in [2.45, 2.75) is 19.5 Å². The number of carboxylic acid groups (broad SMARTS) is 1. The van der Waals surface area contributed by atoms with E-state index in [4.69, 9.17) is 10.8 Å². The highest BCUT2D eigenvalue weighted by atomic mass is 19.1. The molecule has 2 aromatic carbocycles. The number of aromatic carboxylic acids is 1. The molecule has 0 aliphatic heterocycles. The van der Waals surface area contributed by atoms with E-state index in [1.165, 1.54) is 53.2 Å². The fourth-order valence-electron chi connectivity index (χ4n) is 3.70. The molecule has 11 heteroatoms. The van der Waals surface area contributed by atoms with Gasteiger partial charge < -0.3 is 21.5 Å². The molecular formula is C26H23FN6O4. The normalized spacial score (nSPS) is 11.6. The third-order valence-electron chi connectivity index (χ3n) is 5.65. The Morgan fingerprint density at radius 3 is 2.51 bits per heavy atom. The van der Waals surface area contributed by atoms with Gasteiger partial charge in [0.25, 0.3) is 11.8 Å². The molecule has 0 bridgehead atoms. The van der Waals surface area contributed by atoms with Crippen molar-refractivity contribution in [1.82, 2.24) is 25.0 Å². The lowest BCUT2D eigenvalue weighted by molar-refractivity contribution is 0.0696. The van der Waals surface area contributed by atoms with E-state index in [1.807, 2.05) is 0 Å². The summed E-state index contributed by atoms with van der Waals surface area (Å²) in [4.78, 5) is 45.6. The fourth-order valence-corrected chi connectivity index (χ4v) is 3.70. The lowest BCUT2D eigenvalue weighted by atomic mass is 10.0. The Balaban J connectivity index is 1.58. The van der Waals surface area contributed by atoms with Gasteiger partial charge in [0.05, 0.1) is 11.6 Å². The minimum absolute atomic E-state index is 0.0448. The lowest BCUT2D eigenvalue weighted by Gasteiger charge is -2.20. The van der Waals surface area contributed by atoms with Crippen LogP contribution in [0.1, 0.15) is 54.1 Å². The van der Waals surface area contributed by atoms with Gasteiger partial charge in [-0.2, -0.15) is 0 Å². The molecule has 0 fully saturated rings. The SMILES string of the molecule is C=C(N)[C@H](NC(=O)c1cc(C(=O)NCc2ccc(F)c(C)c2)nc2nccn12)c1ccc(C(=O)O)cc1. The second-order valence-electron chi connectivity index (χ2n) is 8.30. The molecule has 37 heavy (non-hydrogen) atoms. The quantitative estimate of drug-likeness (QED) is 0.289. The lowest BCUT2D eigenvalue weighted by Crippen LogP contribution is -2.33. The summed E-state index contributed by atoms with van der Waals surface area (Å²) in [6.45, 7) is 5.48. The van der Waals surface area contributed by atoms with Crippen molar-refractivity contribution in [1.29, 1.82) is 0 Å². The smallest absolute Gasteiger partial charge is 0.335 e. The summed E-state index contributed by atoms with van der Waals surface area (Å²) >= 11 is 0. The van der Waals surface area contributed by atoms with Crippen LogP contribution in [0.4, 0.5) is 4.39 Å². The summed E-state index contributed by atoms with van der Waals surface area (Å²) < 4.78 is 14.9. The van der Waals surface area contributed by atoms with Gasteiger partial charge in [-0.25, -0.2) is 19.2 Å². The van der Waals surface area contributed by atoms with Gasteiger partial charge in [-0.05, 0) is 47.9 Å². The van der Waals surface area contributed by atoms with E-state index in [0.29, 0.717) is 16.7 Å². The number of carbonyl (C=O) groups excluding carboxylic acids is 2. The highest BCUT2D eigenvalue weighted by molar-refractivity contribution is 5.98. The van der Waals surface area contributed by atoms with Crippen molar-refractivity contribution < 1.29 is 23.9 Å². The number of rotatable bonds is 8. The molecule has 10 nitrogen and oxygen atoms in total. The van der Waals surface area contributed by atoms with Gasteiger partial charge in [-0.1, -0.05) is 30.8 Å². The van der Waals surface area contributed by atoms with Crippen LogP contribution in [-0.4, -0.2) is 37.3 Å². The van der Waals surface area contributed by atoms with Crippen LogP contribution in [0.15, 0.2) is 73.2 Å². The van der Waals surface area contributed by atoms with Crippen LogP contribution in [0.3, 0.4) is 0 Å². The molecule has 0 unspecified atom stereocenters. The van der Waals surface area contributed by atoms with Crippen LogP contribution in [0.2, 0.25) is 0 Å². The topological polar surface area (TPSA) is 152 Å². The Bertz CT molecular complexity index is 1530. The van der Waals surface area contributed by atoms with Crippen LogP contribution >= 0.6 is 0 Å². The molecule has 2 amide bonds. The van der Waals surface area contributed by atoms with Gasteiger partial charge in [0, 0.05) is 24.6 Å². The summed E-state index contributed by atoms with van der Waals surface area (Å²) in [5.41, 5.74) is 7.84. The maximum absolute atomic E-state index is 13.5. The first-order valence-corrected chi connectivity index (χ1v) is 11.1. The molecule has 2 aromatic heterocycles. The van der Waals surface area contributed by atoms with E-state index in [-0.39, 0.29) is 40.8 Å². The summed E-state index contributed by atoms with van der Waals surface area (Å²) in [6, 6.07) is 10.9. The van der Waals surface area contributed by atoms with Gasteiger partial charge in [0.15, 0.2) is 0 Å². The minimum atomic E-state index is -1.08. The molecule has 0 aliphatic carbocycles. The molecule has 0 saturated heterocycles. The highest BCUT2D eigenvalue weighted by Crippen LogP contribution is 2.20. The number of fused-ring (bicyclic) bond motifs is 1. The first-order valence-electron chi connectivity index (χ1n) is 11.1. The first kappa shape index (κ1) is 25.0. The minimum Gasteiger partial charge on any atom is -0.478 e. The number of aromatic nitrogens is 3. The van der Waals surface area contributed by atoms with E-state index in [9.17, 15) is 18.8 Å². The van der Waals surface area contributed by atoms with Crippen LogP contribution in [0.25, 0.3) is 5.78 Å². The summed E-state index contributed by atoms with van der Waals surface area (Å²) in [5.74, 6) is -2.44. The Morgan fingerprint density at radius 2 is 1.86 bits per heavy atom. The van der Waals surface area contributed by atoms with Gasteiger partial charge in [0.2, 0.25) is 5.78 Å². The predicted molar refractivity (Wildman–Crippen MR) is 132 cm³/mol. The first-order chi connectivity index (χ1) is 17.6. The number of carbonyl (C=O) groups is 3. The zero-order valence-corrected chi connectivity index (χ0v) is 19.7. The van der Waals surface area contributed by atoms with Crippen molar-refractivity contribution in [2.75, 3.05) is 0 Å². The molecule has 188 valence electrons. The number of halogens is 1. The van der Waals surface area contributed by atoms with Gasteiger partial charge in [-0.3, -0.25) is 14.0 Å². The number of carboxylic acids is 1. The van der Waals surface area contributed by atoms with Crippen molar-refractivity contribution in [3.05, 3.63) is 113 Å². The Hall–Kier alpha value is -5.06. The number of hydrogen-bond donors (Lipinski definition) is 4. The summed E-state index contributed by atoms with van der Waals surface area (Å²) in [5, 5.41) is 14.6. The molecule has 5 N–H and O–H groups in total. The number of hydrogen-bond acceptors (Lipinski definition) is 6. The largest absolute Gasteiger partial charge is 0.478 e. The molecular weight excluding hydrogens is 479 g/mol. The van der Waals surface area contributed by atoms with Crippen LogP contribution in [0.5, 0.6) is 0 Å².